The number of carbonyl (C=O) groups is 3. The lowest BCUT2D eigenvalue weighted by Crippen LogP contribution is -2.72. The van der Waals surface area contributed by atoms with Gasteiger partial charge in [-0.3, -0.25) is 4.79 Å². The number of amides is 3. The van der Waals surface area contributed by atoms with Crippen molar-refractivity contribution in [2.45, 2.75) is 31.3 Å². The lowest BCUT2D eigenvalue weighted by molar-refractivity contribution is -0.172. The van der Waals surface area contributed by atoms with Gasteiger partial charge in [-0.1, -0.05) is 60.7 Å². The van der Waals surface area contributed by atoms with E-state index in [1.54, 1.807) is 0 Å². The summed E-state index contributed by atoms with van der Waals surface area (Å²) in [6, 6.07) is 17.8. The maximum Gasteiger partial charge on any atom is 0.333 e. The fourth-order valence-corrected chi connectivity index (χ4v) is 3.44. The van der Waals surface area contributed by atoms with Crippen LogP contribution in [0.2, 0.25) is 0 Å². The quantitative estimate of drug-likeness (QED) is 0.652. The lowest BCUT2D eigenvalue weighted by Gasteiger charge is -2.48. The second-order valence-corrected chi connectivity index (χ2v) is 6.67. The van der Waals surface area contributed by atoms with E-state index < -0.39 is 23.4 Å². The molecule has 27 heavy (non-hydrogen) atoms. The van der Waals surface area contributed by atoms with Crippen LogP contribution < -0.4 is 5.32 Å². The van der Waals surface area contributed by atoms with Gasteiger partial charge in [-0.2, -0.15) is 0 Å². The Kier molecular flexibility index (Phi) is 5.26. The molecule has 0 radical (unpaired) electrons. The molecule has 0 aliphatic carbocycles. The minimum atomic E-state index is -1.31. The summed E-state index contributed by atoms with van der Waals surface area (Å²) >= 11 is 0. The standard InChI is InChI=1S/C21H22N2O4/c1-15(17-11-7-4-8-12-17)22-20(26)23-18(24)14-21(23,19(25)27-2)13-16-9-5-3-6-10-16/h3-12,15H,13-14H2,1-2H3,(H,22,26)/t15-,21-/m0/s1. The van der Waals surface area contributed by atoms with E-state index >= 15 is 0 Å². The van der Waals surface area contributed by atoms with Crippen molar-refractivity contribution >= 4 is 17.9 Å². The molecule has 1 aliphatic heterocycles. The molecule has 0 aromatic heterocycles. The minimum absolute atomic E-state index is 0.0539. The first kappa shape index (κ1) is 18.6. The van der Waals surface area contributed by atoms with Crippen LogP contribution in [0.15, 0.2) is 60.7 Å². The van der Waals surface area contributed by atoms with Crippen molar-refractivity contribution in [3.05, 3.63) is 71.8 Å². The van der Waals surface area contributed by atoms with Gasteiger partial charge in [0.2, 0.25) is 5.91 Å². The summed E-state index contributed by atoms with van der Waals surface area (Å²) in [6.45, 7) is 1.83. The summed E-state index contributed by atoms with van der Waals surface area (Å²) in [5.74, 6) is -0.984. The molecule has 2 aromatic carbocycles. The topological polar surface area (TPSA) is 75.7 Å². The summed E-state index contributed by atoms with van der Waals surface area (Å²) in [5, 5.41) is 2.81. The highest BCUT2D eigenvalue weighted by molar-refractivity contribution is 6.09. The van der Waals surface area contributed by atoms with E-state index in [0.717, 1.165) is 16.0 Å². The Labute approximate surface area is 158 Å². The van der Waals surface area contributed by atoms with Crippen molar-refractivity contribution in [2.24, 2.45) is 0 Å². The first-order chi connectivity index (χ1) is 13.0. The molecular formula is C21H22N2O4. The van der Waals surface area contributed by atoms with Crippen LogP contribution in [-0.2, 0) is 20.7 Å². The van der Waals surface area contributed by atoms with E-state index in [2.05, 4.69) is 5.32 Å². The fraction of sp³-hybridized carbons (Fsp3) is 0.286. The molecule has 3 rings (SSSR count). The van der Waals surface area contributed by atoms with Crippen LogP contribution in [0.1, 0.15) is 30.5 Å². The molecule has 1 aliphatic rings. The molecule has 1 N–H and O–H groups in total. The lowest BCUT2D eigenvalue weighted by atomic mass is 9.78. The van der Waals surface area contributed by atoms with Gasteiger partial charge in [-0.15, -0.1) is 0 Å². The monoisotopic (exact) mass is 366 g/mol. The molecule has 0 bridgehead atoms. The number of hydrogen-bond acceptors (Lipinski definition) is 4. The zero-order valence-corrected chi connectivity index (χ0v) is 15.3. The summed E-state index contributed by atoms with van der Waals surface area (Å²) < 4.78 is 4.94. The molecule has 2 aromatic rings. The van der Waals surface area contributed by atoms with Crippen molar-refractivity contribution in [2.75, 3.05) is 7.11 Å². The van der Waals surface area contributed by atoms with Gasteiger partial charge < -0.3 is 10.1 Å². The molecule has 1 heterocycles. The number of urea groups is 1. The maximum absolute atomic E-state index is 12.8. The smallest absolute Gasteiger partial charge is 0.333 e. The number of ether oxygens (including phenoxy) is 1. The third kappa shape index (κ3) is 3.56. The van der Waals surface area contributed by atoms with E-state index in [-0.39, 0.29) is 18.9 Å². The molecule has 3 amide bonds. The van der Waals surface area contributed by atoms with Crippen molar-refractivity contribution in [1.82, 2.24) is 10.2 Å². The Morgan fingerprint density at radius 3 is 2.26 bits per heavy atom. The molecule has 1 saturated heterocycles. The molecule has 140 valence electrons. The molecule has 6 nitrogen and oxygen atoms in total. The zero-order valence-electron chi connectivity index (χ0n) is 15.3. The SMILES string of the molecule is COC(=O)[C@]1(Cc2ccccc2)CC(=O)N1C(=O)N[C@@H](C)c1ccccc1. The Balaban J connectivity index is 1.83. The summed E-state index contributed by atoms with van der Waals surface area (Å²) in [4.78, 5) is 38.7. The molecule has 0 saturated carbocycles. The predicted octanol–water partition coefficient (Wildman–Crippen LogP) is 2.84. The van der Waals surface area contributed by atoms with Gasteiger partial charge in [-0.25, -0.2) is 14.5 Å². The molecule has 0 unspecified atom stereocenters. The predicted molar refractivity (Wildman–Crippen MR) is 99.7 cm³/mol. The molecule has 6 heteroatoms. The van der Waals surface area contributed by atoms with E-state index in [1.165, 1.54) is 7.11 Å². The van der Waals surface area contributed by atoms with Crippen LogP contribution in [0, 0.1) is 0 Å². The molecule has 2 atom stereocenters. The van der Waals surface area contributed by atoms with Crippen LogP contribution in [0.5, 0.6) is 0 Å². The second-order valence-electron chi connectivity index (χ2n) is 6.67. The second kappa shape index (κ2) is 7.61. The van der Waals surface area contributed by atoms with Gasteiger partial charge >= 0.3 is 12.0 Å². The number of β-lactam (4-membered cyclic amide) rings is 1. The number of likely N-dealkylation sites (tertiary alicyclic amines) is 1. The van der Waals surface area contributed by atoms with E-state index in [9.17, 15) is 14.4 Å². The Bertz CT molecular complexity index is 838. The van der Waals surface area contributed by atoms with Crippen LogP contribution in [-0.4, -0.2) is 35.5 Å². The maximum atomic E-state index is 12.8. The average Bonchev–Trinajstić information content (AvgIpc) is 2.67. The largest absolute Gasteiger partial charge is 0.467 e. The number of methoxy groups -OCH3 is 1. The summed E-state index contributed by atoms with van der Waals surface area (Å²) in [5.41, 5.74) is 0.447. The van der Waals surface area contributed by atoms with Crippen LogP contribution >= 0.6 is 0 Å². The Hall–Kier alpha value is -3.15. The van der Waals surface area contributed by atoms with Gasteiger partial charge in [0.25, 0.3) is 0 Å². The van der Waals surface area contributed by atoms with Crippen LogP contribution in [0.25, 0.3) is 0 Å². The van der Waals surface area contributed by atoms with Gasteiger partial charge in [0.15, 0.2) is 5.54 Å². The number of carbonyl (C=O) groups excluding carboxylic acids is 3. The summed E-state index contributed by atoms with van der Waals surface area (Å²) in [7, 11) is 1.26. The normalized spacial score (nSPS) is 19.8. The third-order valence-electron chi connectivity index (χ3n) is 4.87. The number of imide groups is 1. The van der Waals surface area contributed by atoms with E-state index in [0.29, 0.717) is 0 Å². The zero-order chi connectivity index (χ0) is 19.4. The number of hydrogen-bond donors (Lipinski definition) is 1. The molecule has 0 spiro atoms. The van der Waals surface area contributed by atoms with Crippen molar-refractivity contribution in [1.29, 1.82) is 0 Å². The highest BCUT2D eigenvalue weighted by atomic mass is 16.5. The van der Waals surface area contributed by atoms with Crippen LogP contribution in [0.4, 0.5) is 4.79 Å². The number of benzene rings is 2. The average molecular weight is 366 g/mol. The third-order valence-corrected chi connectivity index (χ3v) is 4.87. The van der Waals surface area contributed by atoms with Gasteiger partial charge in [-0.05, 0) is 18.1 Å². The first-order valence-corrected chi connectivity index (χ1v) is 8.79. The van der Waals surface area contributed by atoms with Gasteiger partial charge in [0.1, 0.15) is 0 Å². The van der Waals surface area contributed by atoms with Crippen LogP contribution in [0.3, 0.4) is 0 Å². The minimum Gasteiger partial charge on any atom is -0.467 e. The number of nitrogens with one attached hydrogen (secondary N) is 1. The Morgan fingerprint density at radius 2 is 1.70 bits per heavy atom. The first-order valence-electron chi connectivity index (χ1n) is 8.79. The van der Waals surface area contributed by atoms with Crippen molar-refractivity contribution in [3.8, 4) is 0 Å². The summed E-state index contributed by atoms with van der Waals surface area (Å²) in [6.07, 6.45) is 0.168. The molecular weight excluding hydrogens is 344 g/mol. The van der Waals surface area contributed by atoms with Crippen molar-refractivity contribution in [3.63, 3.8) is 0 Å². The fourth-order valence-electron chi connectivity index (χ4n) is 3.44. The Morgan fingerprint density at radius 1 is 1.11 bits per heavy atom. The van der Waals surface area contributed by atoms with Gasteiger partial charge in [0.05, 0.1) is 19.6 Å². The molecule has 1 fully saturated rings. The highest BCUT2D eigenvalue weighted by Crippen LogP contribution is 2.37. The number of rotatable bonds is 5. The number of nitrogens with zero attached hydrogens (tertiary/aromatic N) is 1. The van der Waals surface area contributed by atoms with Crippen molar-refractivity contribution < 1.29 is 19.1 Å². The number of esters is 1. The highest BCUT2D eigenvalue weighted by Gasteiger charge is 2.60. The van der Waals surface area contributed by atoms with Gasteiger partial charge in [0, 0.05) is 6.42 Å². The van der Waals surface area contributed by atoms with E-state index in [1.807, 2.05) is 67.6 Å². The van der Waals surface area contributed by atoms with E-state index in [4.69, 9.17) is 4.74 Å².